The molecule has 0 saturated carbocycles. The summed E-state index contributed by atoms with van der Waals surface area (Å²) in [6.45, 7) is 2.43. The molecule has 0 radical (unpaired) electrons. The van der Waals surface area contributed by atoms with Crippen molar-refractivity contribution >= 4 is 17.3 Å². The summed E-state index contributed by atoms with van der Waals surface area (Å²) in [5, 5.41) is 0.0949. The molecule has 19 heavy (non-hydrogen) atoms. The van der Waals surface area contributed by atoms with Crippen molar-refractivity contribution in [2.45, 2.75) is 38.0 Å². The Morgan fingerprint density at radius 1 is 1.37 bits per heavy atom. The van der Waals surface area contributed by atoms with E-state index in [1.54, 1.807) is 4.90 Å². The lowest BCUT2D eigenvalue weighted by atomic mass is 9.97. The van der Waals surface area contributed by atoms with Crippen LogP contribution in [-0.2, 0) is 6.18 Å². The molecule has 2 atom stereocenters. The Labute approximate surface area is 115 Å². The molecular formula is C13H16ClF3N2. The Hall–Kier alpha value is -0.940. The van der Waals surface area contributed by atoms with Gasteiger partial charge >= 0.3 is 6.18 Å². The monoisotopic (exact) mass is 292 g/mol. The molecule has 0 aromatic heterocycles. The highest BCUT2D eigenvalue weighted by Gasteiger charge is 2.36. The second-order valence-corrected chi connectivity index (χ2v) is 5.42. The van der Waals surface area contributed by atoms with Crippen LogP contribution in [0, 0.1) is 0 Å². The number of piperidine rings is 1. The van der Waals surface area contributed by atoms with Crippen LogP contribution in [0.25, 0.3) is 0 Å². The maximum absolute atomic E-state index is 13.1. The molecule has 1 aromatic carbocycles. The fourth-order valence-corrected chi connectivity index (χ4v) is 2.72. The van der Waals surface area contributed by atoms with Gasteiger partial charge in [0.2, 0.25) is 0 Å². The van der Waals surface area contributed by atoms with E-state index < -0.39 is 11.7 Å². The number of rotatable bonds is 1. The molecule has 6 heteroatoms. The summed E-state index contributed by atoms with van der Waals surface area (Å²) in [6, 6.07) is 3.98. The number of hydrogen-bond acceptors (Lipinski definition) is 2. The number of nitrogens with zero attached hydrogens (tertiary/aromatic N) is 1. The summed E-state index contributed by atoms with van der Waals surface area (Å²) < 4.78 is 39.2. The van der Waals surface area contributed by atoms with Gasteiger partial charge in [0.25, 0.3) is 0 Å². The van der Waals surface area contributed by atoms with Gasteiger partial charge in [-0.05, 0) is 38.0 Å². The molecule has 0 spiro atoms. The summed E-state index contributed by atoms with van der Waals surface area (Å²) in [6.07, 6.45) is -3.01. The van der Waals surface area contributed by atoms with E-state index in [0.717, 1.165) is 6.07 Å². The number of alkyl halides is 3. The number of hydrogen-bond donors (Lipinski definition) is 1. The molecule has 1 aromatic rings. The first kappa shape index (κ1) is 14.5. The van der Waals surface area contributed by atoms with Crippen molar-refractivity contribution in [1.82, 2.24) is 0 Å². The van der Waals surface area contributed by atoms with E-state index in [9.17, 15) is 13.2 Å². The first-order valence-corrected chi connectivity index (χ1v) is 6.56. The highest BCUT2D eigenvalue weighted by Crippen LogP contribution is 2.39. The molecule has 2 N–H and O–H groups in total. The molecule has 2 rings (SSSR count). The van der Waals surface area contributed by atoms with Gasteiger partial charge in [0, 0.05) is 29.3 Å². The van der Waals surface area contributed by atoms with Gasteiger partial charge in [-0.2, -0.15) is 13.2 Å². The average molecular weight is 293 g/mol. The zero-order valence-corrected chi connectivity index (χ0v) is 11.3. The molecular weight excluding hydrogens is 277 g/mol. The average Bonchev–Trinajstić information content (AvgIpc) is 2.28. The predicted octanol–water partition coefficient (Wildman–Crippen LogP) is 3.67. The molecule has 0 bridgehead atoms. The van der Waals surface area contributed by atoms with Crippen LogP contribution in [-0.4, -0.2) is 18.6 Å². The van der Waals surface area contributed by atoms with Crippen LogP contribution in [0.5, 0.6) is 0 Å². The number of nitrogens with two attached hydrogens (primary N) is 1. The van der Waals surface area contributed by atoms with E-state index >= 15 is 0 Å². The van der Waals surface area contributed by atoms with Crippen LogP contribution in [0.3, 0.4) is 0 Å². The van der Waals surface area contributed by atoms with E-state index in [-0.39, 0.29) is 22.8 Å². The fraction of sp³-hybridized carbons (Fsp3) is 0.538. The third-order valence-electron chi connectivity index (χ3n) is 3.49. The molecule has 2 nitrogen and oxygen atoms in total. The molecule has 1 aliphatic rings. The van der Waals surface area contributed by atoms with Crippen molar-refractivity contribution in [3.05, 3.63) is 28.8 Å². The van der Waals surface area contributed by atoms with Gasteiger partial charge in [-0.1, -0.05) is 11.6 Å². The lowest BCUT2D eigenvalue weighted by molar-refractivity contribution is -0.137. The minimum Gasteiger partial charge on any atom is -0.368 e. The first-order chi connectivity index (χ1) is 8.79. The van der Waals surface area contributed by atoms with Crippen LogP contribution in [0.1, 0.15) is 25.3 Å². The molecule has 106 valence electrons. The normalized spacial score (nSPS) is 24.6. The van der Waals surface area contributed by atoms with E-state index in [0.29, 0.717) is 19.4 Å². The molecule has 1 aliphatic heterocycles. The van der Waals surface area contributed by atoms with Crippen molar-refractivity contribution in [2.75, 3.05) is 11.4 Å². The Kier molecular flexibility index (Phi) is 3.97. The summed E-state index contributed by atoms with van der Waals surface area (Å²) in [5.41, 5.74) is 5.36. The Balaban J connectivity index is 2.39. The van der Waals surface area contributed by atoms with E-state index in [2.05, 4.69) is 0 Å². The largest absolute Gasteiger partial charge is 0.418 e. The first-order valence-electron chi connectivity index (χ1n) is 6.18. The molecule has 1 fully saturated rings. The van der Waals surface area contributed by atoms with E-state index in [1.807, 2.05) is 6.92 Å². The summed E-state index contributed by atoms with van der Waals surface area (Å²) in [5.74, 6) is 0. The van der Waals surface area contributed by atoms with Crippen molar-refractivity contribution in [2.24, 2.45) is 5.73 Å². The maximum Gasteiger partial charge on any atom is 0.418 e. The molecule has 0 amide bonds. The second-order valence-electron chi connectivity index (χ2n) is 4.99. The topological polar surface area (TPSA) is 29.3 Å². The second kappa shape index (κ2) is 5.21. The quantitative estimate of drug-likeness (QED) is 0.855. The van der Waals surface area contributed by atoms with E-state index in [4.69, 9.17) is 17.3 Å². The van der Waals surface area contributed by atoms with Gasteiger partial charge < -0.3 is 10.6 Å². The highest BCUT2D eigenvalue weighted by molar-refractivity contribution is 6.30. The third kappa shape index (κ3) is 3.15. The van der Waals surface area contributed by atoms with Crippen molar-refractivity contribution in [3.8, 4) is 0 Å². The van der Waals surface area contributed by atoms with Gasteiger partial charge in [0.1, 0.15) is 0 Å². The van der Waals surface area contributed by atoms with Crippen molar-refractivity contribution in [1.29, 1.82) is 0 Å². The minimum absolute atomic E-state index is 0.00831. The van der Waals surface area contributed by atoms with Crippen LogP contribution >= 0.6 is 11.6 Å². The van der Waals surface area contributed by atoms with Crippen molar-refractivity contribution in [3.63, 3.8) is 0 Å². The molecule has 1 saturated heterocycles. The number of halogens is 4. The number of anilines is 1. The smallest absolute Gasteiger partial charge is 0.368 e. The molecule has 1 heterocycles. The standard InChI is InChI=1S/C13H16ClF3N2/c1-8-6-10(18)4-5-19(8)12-3-2-9(14)7-11(12)13(15,16)17/h2-3,7-8,10H,4-6,18H2,1H3. The van der Waals surface area contributed by atoms with Crippen LogP contribution in [0.4, 0.5) is 18.9 Å². The fourth-order valence-electron chi connectivity index (χ4n) is 2.55. The van der Waals surface area contributed by atoms with Crippen molar-refractivity contribution < 1.29 is 13.2 Å². The Morgan fingerprint density at radius 3 is 2.63 bits per heavy atom. The zero-order valence-electron chi connectivity index (χ0n) is 10.5. The van der Waals surface area contributed by atoms with Crippen LogP contribution in [0.15, 0.2) is 18.2 Å². The van der Waals surface area contributed by atoms with Gasteiger partial charge in [0.15, 0.2) is 0 Å². The lowest BCUT2D eigenvalue weighted by Gasteiger charge is -2.39. The third-order valence-corrected chi connectivity index (χ3v) is 3.73. The Morgan fingerprint density at radius 2 is 2.05 bits per heavy atom. The van der Waals surface area contributed by atoms with Gasteiger partial charge in [-0.25, -0.2) is 0 Å². The highest BCUT2D eigenvalue weighted by atomic mass is 35.5. The lowest BCUT2D eigenvalue weighted by Crippen LogP contribution is -2.46. The zero-order chi connectivity index (χ0) is 14.2. The van der Waals surface area contributed by atoms with Gasteiger partial charge in [0.05, 0.1) is 5.56 Å². The predicted molar refractivity (Wildman–Crippen MR) is 70.5 cm³/mol. The van der Waals surface area contributed by atoms with Crippen LogP contribution < -0.4 is 10.6 Å². The summed E-state index contributed by atoms with van der Waals surface area (Å²) in [4.78, 5) is 1.77. The minimum atomic E-state index is -4.40. The van der Waals surface area contributed by atoms with Crippen LogP contribution in [0.2, 0.25) is 5.02 Å². The van der Waals surface area contributed by atoms with Gasteiger partial charge in [-0.15, -0.1) is 0 Å². The van der Waals surface area contributed by atoms with Gasteiger partial charge in [-0.3, -0.25) is 0 Å². The molecule has 0 aliphatic carbocycles. The SMILES string of the molecule is CC1CC(N)CCN1c1ccc(Cl)cc1C(F)(F)F. The Bertz CT molecular complexity index is 462. The summed E-state index contributed by atoms with van der Waals surface area (Å²) >= 11 is 5.68. The summed E-state index contributed by atoms with van der Waals surface area (Å²) in [7, 11) is 0. The number of benzene rings is 1. The van der Waals surface area contributed by atoms with E-state index in [1.165, 1.54) is 12.1 Å². The maximum atomic E-state index is 13.1. The molecule has 2 unspecified atom stereocenters.